The number of rotatable bonds is 3. The van der Waals surface area contributed by atoms with Crippen molar-refractivity contribution in [2.45, 2.75) is 11.8 Å². The fourth-order valence-electron chi connectivity index (χ4n) is 1.58. The van der Waals surface area contributed by atoms with Gasteiger partial charge in [0.15, 0.2) is 0 Å². The van der Waals surface area contributed by atoms with Crippen molar-refractivity contribution in [3.8, 4) is 6.07 Å². The van der Waals surface area contributed by atoms with Crippen LogP contribution in [0.2, 0.25) is 5.15 Å². The molecule has 2 aromatic rings. The van der Waals surface area contributed by atoms with E-state index in [0.29, 0.717) is 11.1 Å². The van der Waals surface area contributed by atoms with Crippen LogP contribution in [0.4, 0.5) is 5.95 Å². The maximum absolute atomic E-state index is 12.2. The van der Waals surface area contributed by atoms with E-state index in [-0.39, 0.29) is 16.0 Å². The topological polar surface area (TPSA) is 95.7 Å². The Morgan fingerprint density at radius 1 is 1.35 bits per heavy atom. The van der Waals surface area contributed by atoms with Gasteiger partial charge in [-0.2, -0.15) is 5.26 Å². The molecule has 0 aliphatic heterocycles. The molecule has 0 bridgehead atoms. The zero-order valence-electron chi connectivity index (χ0n) is 10.3. The minimum Gasteiger partial charge on any atom is -0.247 e. The number of nitrogens with one attached hydrogen (secondary N) is 1. The van der Waals surface area contributed by atoms with Crippen molar-refractivity contribution in [2.75, 3.05) is 4.72 Å². The quantitative estimate of drug-likeness (QED) is 0.876. The number of benzene rings is 1. The Kier molecular flexibility index (Phi) is 3.88. The van der Waals surface area contributed by atoms with E-state index in [9.17, 15) is 8.42 Å². The molecule has 20 heavy (non-hydrogen) atoms. The van der Waals surface area contributed by atoms with Gasteiger partial charge in [0.1, 0.15) is 5.15 Å². The van der Waals surface area contributed by atoms with Crippen LogP contribution < -0.4 is 4.72 Å². The monoisotopic (exact) mass is 308 g/mol. The second-order valence-electron chi connectivity index (χ2n) is 3.90. The number of hydrogen-bond donors (Lipinski definition) is 1. The van der Waals surface area contributed by atoms with E-state index in [1.807, 2.05) is 6.07 Å². The van der Waals surface area contributed by atoms with Gasteiger partial charge in [-0.25, -0.2) is 23.1 Å². The molecule has 0 aliphatic carbocycles. The number of anilines is 1. The molecule has 1 aromatic carbocycles. The maximum atomic E-state index is 12.2. The Morgan fingerprint density at radius 3 is 2.70 bits per heavy atom. The summed E-state index contributed by atoms with van der Waals surface area (Å²) in [4.78, 5) is 7.59. The van der Waals surface area contributed by atoms with E-state index in [1.54, 1.807) is 6.92 Å². The van der Waals surface area contributed by atoms with E-state index in [2.05, 4.69) is 14.7 Å². The Labute approximate surface area is 121 Å². The third-order valence-corrected chi connectivity index (χ3v) is 4.14. The minimum atomic E-state index is -3.83. The highest BCUT2D eigenvalue weighted by Crippen LogP contribution is 2.19. The van der Waals surface area contributed by atoms with Crippen molar-refractivity contribution in [3.05, 3.63) is 46.7 Å². The molecule has 1 N–H and O–H groups in total. The number of sulfonamides is 1. The highest BCUT2D eigenvalue weighted by atomic mass is 35.5. The van der Waals surface area contributed by atoms with E-state index >= 15 is 0 Å². The Bertz CT molecular complexity index is 799. The molecule has 0 unspecified atom stereocenters. The largest absolute Gasteiger partial charge is 0.264 e. The van der Waals surface area contributed by atoms with Gasteiger partial charge in [0, 0.05) is 6.20 Å². The second-order valence-corrected chi connectivity index (χ2v) is 5.94. The van der Waals surface area contributed by atoms with Crippen molar-refractivity contribution in [1.82, 2.24) is 9.97 Å². The summed E-state index contributed by atoms with van der Waals surface area (Å²) in [5.74, 6) is -0.110. The molecule has 6 nitrogen and oxygen atoms in total. The molecule has 2 rings (SSSR count). The molecule has 0 fully saturated rings. The SMILES string of the molecule is Cc1cc(C#N)ccc1S(=O)(=O)Nc1nccc(Cl)n1. The van der Waals surface area contributed by atoms with Gasteiger partial charge in [0.05, 0.1) is 16.5 Å². The summed E-state index contributed by atoms with van der Waals surface area (Å²) >= 11 is 5.67. The smallest absolute Gasteiger partial charge is 0.247 e. The first-order valence-electron chi connectivity index (χ1n) is 5.44. The molecule has 102 valence electrons. The van der Waals surface area contributed by atoms with Crippen molar-refractivity contribution in [3.63, 3.8) is 0 Å². The summed E-state index contributed by atoms with van der Waals surface area (Å²) in [7, 11) is -3.83. The van der Waals surface area contributed by atoms with Crippen molar-refractivity contribution < 1.29 is 8.42 Å². The summed E-state index contributed by atoms with van der Waals surface area (Å²) in [6.07, 6.45) is 1.35. The zero-order chi connectivity index (χ0) is 14.8. The predicted octanol–water partition coefficient (Wildman–Crippen LogP) is 2.11. The van der Waals surface area contributed by atoms with E-state index in [4.69, 9.17) is 16.9 Å². The van der Waals surface area contributed by atoms with Gasteiger partial charge >= 0.3 is 0 Å². The summed E-state index contributed by atoms with van der Waals surface area (Å²) in [6, 6.07) is 7.67. The van der Waals surface area contributed by atoms with Crippen LogP contribution in [0.15, 0.2) is 35.4 Å². The van der Waals surface area contributed by atoms with Crippen LogP contribution in [-0.2, 0) is 10.0 Å². The first-order valence-corrected chi connectivity index (χ1v) is 7.30. The van der Waals surface area contributed by atoms with Crippen LogP contribution >= 0.6 is 11.6 Å². The minimum absolute atomic E-state index is 0.0556. The van der Waals surface area contributed by atoms with Crippen molar-refractivity contribution in [1.29, 1.82) is 5.26 Å². The summed E-state index contributed by atoms with van der Waals surface area (Å²) in [6.45, 7) is 1.61. The lowest BCUT2D eigenvalue weighted by Crippen LogP contribution is -2.16. The predicted molar refractivity (Wildman–Crippen MR) is 73.7 cm³/mol. The van der Waals surface area contributed by atoms with Crippen LogP contribution in [0, 0.1) is 18.3 Å². The normalized spacial score (nSPS) is 10.8. The van der Waals surface area contributed by atoms with Crippen molar-refractivity contribution >= 4 is 27.6 Å². The number of halogens is 1. The number of nitriles is 1. The van der Waals surface area contributed by atoms with Crippen LogP contribution in [0.25, 0.3) is 0 Å². The van der Waals surface area contributed by atoms with Crippen molar-refractivity contribution in [2.24, 2.45) is 0 Å². The van der Waals surface area contributed by atoms with Gasteiger partial charge in [0.2, 0.25) is 5.95 Å². The van der Waals surface area contributed by atoms with E-state index < -0.39 is 10.0 Å². The maximum Gasteiger partial charge on any atom is 0.264 e. The Balaban J connectivity index is 2.39. The molecule has 0 radical (unpaired) electrons. The molecule has 0 amide bonds. The lowest BCUT2D eigenvalue weighted by molar-refractivity contribution is 0.600. The summed E-state index contributed by atoms with van der Waals surface area (Å²) in [5, 5.41) is 8.91. The molecule has 0 spiro atoms. The number of nitrogens with zero attached hydrogens (tertiary/aromatic N) is 3. The average molecular weight is 309 g/mol. The molecule has 1 aromatic heterocycles. The molecule has 0 saturated heterocycles. The lowest BCUT2D eigenvalue weighted by Gasteiger charge is -2.09. The summed E-state index contributed by atoms with van der Waals surface area (Å²) < 4.78 is 26.7. The van der Waals surface area contributed by atoms with E-state index in [0.717, 1.165) is 0 Å². The molecule has 1 heterocycles. The average Bonchev–Trinajstić information content (AvgIpc) is 2.37. The van der Waals surface area contributed by atoms with E-state index in [1.165, 1.54) is 30.5 Å². The third-order valence-electron chi connectivity index (χ3n) is 2.44. The second kappa shape index (κ2) is 5.45. The fourth-order valence-corrected chi connectivity index (χ4v) is 2.90. The number of aromatic nitrogens is 2. The highest BCUT2D eigenvalue weighted by Gasteiger charge is 2.18. The first-order chi connectivity index (χ1) is 9.42. The van der Waals surface area contributed by atoms with Gasteiger partial charge in [-0.05, 0) is 36.8 Å². The highest BCUT2D eigenvalue weighted by molar-refractivity contribution is 7.92. The lowest BCUT2D eigenvalue weighted by atomic mass is 10.2. The molecular weight excluding hydrogens is 300 g/mol. The van der Waals surface area contributed by atoms with Crippen LogP contribution in [0.1, 0.15) is 11.1 Å². The van der Waals surface area contributed by atoms with Gasteiger partial charge in [-0.15, -0.1) is 0 Å². The van der Waals surface area contributed by atoms with Gasteiger partial charge in [-0.1, -0.05) is 11.6 Å². The van der Waals surface area contributed by atoms with Gasteiger partial charge in [-0.3, -0.25) is 0 Å². The fraction of sp³-hybridized carbons (Fsp3) is 0.0833. The van der Waals surface area contributed by atoms with Gasteiger partial charge in [0.25, 0.3) is 10.0 Å². The molecular formula is C12H9ClN4O2S. The Morgan fingerprint density at radius 2 is 2.10 bits per heavy atom. The number of aryl methyl sites for hydroxylation is 1. The van der Waals surface area contributed by atoms with Crippen LogP contribution in [0.3, 0.4) is 0 Å². The number of hydrogen-bond acceptors (Lipinski definition) is 5. The first kappa shape index (κ1) is 14.2. The van der Waals surface area contributed by atoms with Crippen LogP contribution in [0.5, 0.6) is 0 Å². The standard InChI is InChI=1S/C12H9ClN4O2S/c1-8-6-9(7-14)2-3-10(8)20(18,19)17-12-15-5-4-11(13)16-12/h2-6H,1H3,(H,15,16,17). The Hall–Kier alpha value is -2.17. The van der Waals surface area contributed by atoms with Gasteiger partial charge < -0.3 is 0 Å². The molecule has 0 aliphatic rings. The molecule has 0 atom stereocenters. The third kappa shape index (κ3) is 3.04. The summed E-state index contributed by atoms with van der Waals surface area (Å²) in [5.41, 5.74) is 0.846. The zero-order valence-corrected chi connectivity index (χ0v) is 11.9. The molecule has 0 saturated carbocycles. The molecule has 8 heteroatoms. The van der Waals surface area contributed by atoms with Crippen LogP contribution in [-0.4, -0.2) is 18.4 Å².